The number of oxime groups is 1. The van der Waals surface area contributed by atoms with Gasteiger partial charge in [-0.2, -0.15) is 0 Å². The fraction of sp³-hybridized carbons (Fsp3) is 0.300. The Morgan fingerprint density at radius 2 is 2.15 bits per heavy atom. The molecule has 1 heterocycles. The molecule has 13 heavy (non-hydrogen) atoms. The number of halogens is 1. The van der Waals surface area contributed by atoms with E-state index in [0.29, 0.717) is 5.92 Å². The first-order chi connectivity index (χ1) is 6.29. The van der Waals surface area contributed by atoms with Crippen LogP contribution in [0, 0.1) is 9.49 Å². The summed E-state index contributed by atoms with van der Waals surface area (Å²) < 4.78 is 1.24. The molecule has 0 amide bonds. The van der Waals surface area contributed by atoms with Crippen LogP contribution in [0.2, 0.25) is 0 Å². The zero-order valence-corrected chi connectivity index (χ0v) is 9.43. The van der Waals surface area contributed by atoms with Crippen molar-refractivity contribution in [2.75, 3.05) is 0 Å². The molecule has 0 N–H and O–H groups in total. The lowest BCUT2D eigenvalue weighted by molar-refractivity contribution is 0.0647. The second-order valence-corrected chi connectivity index (χ2v) is 4.32. The highest BCUT2D eigenvalue weighted by atomic mass is 127. The highest BCUT2D eigenvalue weighted by Gasteiger charge is 2.25. The third-order valence-corrected chi connectivity index (χ3v) is 3.14. The minimum absolute atomic E-state index is 0.105. The van der Waals surface area contributed by atoms with Gasteiger partial charge in [-0.05, 0) is 28.7 Å². The van der Waals surface area contributed by atoms with Crippen molar-refractivity contribution in [1.82, 2.24) is 0 Å². The van der Waals surface area contributed by atoms with Crippen molar-refractivity contribution < 1.29 is 4.84 Å². The number of nitrogens with zero attached hydrogens (tertiary/aromatic N) is 1. The molecule has 1 aromatic rings. The van der Waals surface area contributed by atoms with Crippen molar-refractivity contribution in [2.24, 2.45) is 11.1 Å². The quantitative estimate of drug-likeness (QED) is 0.728. The average molecular weight is 287 g/mol. The summed E-state index contributed by atoms with van der Waals surface area (Å²) in [5.74, 6) is 0.371. The number of rotatable bonds is 1. The molecule has 68 valence electrons. The summed E-state index contributed by atoms with van der Waals surface area (Å²) in [5.41, 5.74) is 1.23. The van der Waals surface area contributed by atoms with Gasteiger partial charge in [-0.1, -0.05) is 30.3 Å². The van der Waals surface area contributed by atoms with Crippen LogP contribution in [-0.4, -0.2) is 6.21 Å². The van der Waals surface area contributed by atoms with Crippen LogP contribution in [0.3, 0.4) is 0 Å². The molecule has 1 aliphatic heterocycles. The standard InChI is InChI=1S/C10H10INO/c1-7-6-12-13-10(7)8-4-2-3-5-9(8)11/h2-7,10H,1H3. The molecular formula is C10H10INO. The van der Waals surface area contributed by atoms with E-state index in [0.717, 1.165) is 0 Å². The third kappa shape index (κ3) is 1.70. The molecule has 0 aliphatic carbocycles. The van der Waals surface area contributed by atoms with E-state index in [1.807, 2.05) is 18.3 Å². The average Bonchev–Trinajstić information content (AvgIpc) is 2.52. The lowest BCUT2D eigenvalue weighted by Crippen LogP contribution is -2.07. The summed E-state index contributed by atoms with van der Waals surface area (Å²) in [6, 6.07) is 8.25. The topological polar surface area (TPSA) is 21.6 Å². The predicted molar refractivity (Wildman–Crippen MR) is 60.6 cm³/mol. The normalized spacial score (nSPS) is 26.0. The Morgan fingerprint density at radius 3 is 2.77 bits per heavy atom. The number of hydrogen-bond donors (Lipinski definition) is 0. The summed E-state index contributed by atoms with van der Waals surface area (Å²) in [6.07, 6.45) is 1.96. The summed E-state index contributed by atoms with van der Waals surface area (Å²) in [5, 5.41) is 3.83. The van der Waals surface area contributed by atoms with Crippen molar-refractivity contribution in [3.8, 4) is 0 Å². The maximum atomic E-state index is 5.30. The van der Waals surface area contributed by atoms with Gasteiger partial charge in [0.25, 0.3) is 0 Å². The first-order valence-corrected chi connectivity index (χ1v) is 5.30. The smallest absolute Gasteiger partial charge is 0.161 e. The molecule has 2 nitrogen and oxygen atoms in total. The van der Waals surface area contributed by atoms with E-state index in [-0.39, 0.29) is 6.10 Å². The molecule has 1 aliphatic rings. The van der Waals surface area contributed by atoms with E-state index >= 15 is 0 Å². The van der Waals surface area contributed by atoms with Crippen LogP contribution in [0.25, 0.3) is 0 Å². The van der Waals surface area contributed by atoms with Crippen LogP contribution < -0.4 is 0 Å². The first-order valence-electron chi connectivity index (χ1n) is 4.23. The second kappa shape index (κ2) is 3.65. The molecule has 0 saturated heterocycles. The molecule has 0 radical (unpaired) electrons. The van der Waals surface area contributed by atoms with Crippen LogP contribution in [0.4, 0.5) is 0 Å². The maximum absolute atomic E-state index is 5.30. The van der Waals surface area contributed by atoms with Gasteiger partial charge < -0.3 is 4.84 Å². The molecule has 2 unspecified atom stereocenters. The molecule has 3 heteroatoms. The monoisotopic (exact) mass is 287 g/mol. The van der Waals surface area contributed by atoms with Gasteiger partial charge >= 0.3 is 0 Å². The van der Waals surface area contributed by atoms with E-state index in [2.05, 4.69) is 46.8 Å². The Labute approximate surface area is 91.1 Å². The Morgan fingerprint density at radius 1 is 1.38 bits per heavy atom. The third-order valence-electron chi connectivity index (χ3n) is 2.16. The zero-order valence-electron chi connectivity index (χ0n) is 7.27. The van der Waals surface area contributed by atoms with Crippen LogP contribution in [0.15, 0.2) is 29.4 Å². The fourth-order valence-electron chi connectivity index (χ4n) is 1.42. The van der Waals surface area contributed by atoms with Gasteiger partial charge in [0.15, 0.2) is 6.10 Å². The molecule has 2 atom stereocenters. The van der Waals surface area contributed by atoms with Gasteiger partial charge in [-0.15, -0.1) is 0 Å². The van der Waals surface area contributed by atoms with Crippen LogP contribution in [0.5, 0.6) is 0 Å². The minimum Gasteiger partial charge on any atom is -0.387 e. The molecule has 0 bridgehead atoms. The number of hydrogen-bond acceptors (Lipinski definition) is 2. The Balaban J connectivity index is 2.31. The molecule has 0 fully saturated rings. The van der Waals surface area contributed by atoms with Gasteiger partial charge in [0.2, 0.25) is 0 Å². The van der Waals surface area contributed by atoms with Gasteiger partial charge in [0.05, 0.1) is 6.21 Å². The first kappa shape index (κ1) is 8.99. The lowest BCUT2D eigenvalue weighted by atomic mass is 9.99. The van der Waals surface area contributed by atoms with Crippen molar-refractivity contribution in [3.05, 3.63) is 33.4 Å². The molecule has 0 aromatic heterocycles. The molecule has 0 spiro atoms. The van der Waals surface area contributed by atoms with Crippen LogP contribution >= 0.6 is 22.6 Å². The van der Waals surface area contributed by atoms with Crippen molar-refractivity contribution >= 4 is 28.8 Å². The van der Waals surface area contributed by atoms with Crippen molar-refractivity contribution in [2.45, 2.75) is 13.0 Å². The lowest BCUT2D eigenvalue weighted by Gasteiger charge is -2.14. The summed E-state index contributed by atoms with van der Waals surface area (Å²) >= 11 is 2.32. The van der Waals surface area contributed by atoms with Gasteiger partial charge in [0, 0.05) is 15.1 Å². The largest absolute Gasteiger partial charge is 0.387 e. The molecule has 0 saturated carbocycles. The van der Waals surface area contributed by atoms with E-state index in [4.69, 9.17) is 4.84 Å². The minimum atomic E-state index is 0.105. The van der Waals surface area contributed by atoms with E-state index in [1.54, 1.807) is 0 Å². The van der Waals surface area contributed by atoms with Gasteiger partial charge in [-0.3, -0.25) is 0 Å². The van der Waals surface area contributed by atoms with Crippen molar-refractivity contribution in [1.29, 1.82) is 0 Å². The summed E-state index contributed by atoms with van der Waals surface area (Å²) in [4.78, 5) is 5.30. The van der Waals surface area contributed by atoms with Gasteiger partial charge in [0.1, 0.15) is 0 Å². The highest BCUT2D eigenvalue weighted by Crippen LogP contribution is 2.31. The fourth-order valence-corrected chi connectivity index (χ4v) is 2.11. The second-order valence-electron chi connectivity index (χ2n) is 3.16. The summed E-state index contributed by atoms with van der Waals surface area (Å²) in [7, 11) is 0. The Bertz CT molecular complexity index is 337. The van der Waals surface area contributed by atoms with Crippen molar-refractivity contribution in [3.63, 3.8) is 0 Å². The van der Waals surface area contributed by atoms with Gasteiger partial charge in [-0.25, -0.2) is 0 Å². The summed E-state index contributed by atoms with van der Waals surface area (Å²) in [6.45, 7) is 2.12. The SMILES string of the molecule is CC1C=NOC1c1ccccc1I. The predicted octanol–water partition coefficient (Wildman–Crippen LogP) is 2.98. The van der Waals surface area contributed by atoms with E-state index in [1.165, 1.54) is 9.13 Å². The van der Waals surface area contributed by atoms with E-state index in [9.17, 15) is 0 Å². The molecule has 2 rings (SSSR count). The zero-order chi connectivity index (χ0) is 9.26. The maximum Gasteiger partial charge on any atom is 0.161 e. The molecular weight excluding hydrogens is 277 g/mol. The van der Waals surface area contributed by atoms with Crippen LogP contribution in [0.1, 0.15) is 18.6 Å². The highest BCUT2D eigenvalue weighted by molar-refractivity contribution is 14.1. The van der Waals surface area contributed by atoms with Crippen LogP contribution in [-0.2, 0) is 4.84 Å². The molecule has 1 aromatic carbocycles. The van der Waals surface area contributed by atoms with E-state index < -0.39 is 0 Å². The number of benzene rings is 1. The Kier molecular flexibility index (Phi) is 2.53. The Hall–Kier alpha value is -0.580.